The number of rotatable bonds is 4. The summed E-state index contributed by atoms with van der Waals surface area (Å²) in [6.45, 7) is 4.04. The maximum absolute atomic E-state index is 11.5. The maximum atomic E-state index is 11.5. The van der Waals surface area contributed by atoms with Gasteiger partial charge in [0.15, 0.2) is 0 Å². The zero-order valence-corrected chi connectivity index (χ0v) is 10.2. The summed E-state index contributed by atoms with van der Waals surface area (Å²) in [6, 6.07) is 9.22. The maximum Gasteiger partial charge on any atom is 0.222 e. The lowest BCUT2D eigenvalue weighted by atomic mass is 10.0. The number of nitrogens with two attached hydrogens (primary N) is 1. The highest BCUT2D eigenvalue weighted by atomic mass is 16.1. The molecule has 0 atom stereocenters. The van der Waals surface area contributed by atoms with Crippen molar-refractivity contribution in [3.05, 3.63) is 35.4 Å². The Morgan fingerprint density at radius 3 is 2.82 bits per heavy atom. The number of nitrogens with one attached hydrogen (secondary N) is 1. The highest BCUT2D eigenvalue weighted by Gasteiger charge is 2.15. The van der Waals surface area contributed by atoms with Gasteiger partial charge in [0.25, 0.3) is 0 Å². The molecule has 1 aromatic carbocycles. The van der Waals surface area contributed by atoms with Crippen molar-refractivity contribution < 1.29 is 4.79 Å². The van der Waals surface area contributed by atoms with Crippen LogP contribution in [0.4, 0.5) is 0 Å². The van der Waals surface area contributed by atoms with Crippen molar-refractivity contribution >= 4 is 5.91 Å². The van der Waals surface area contributed by atoms with Crippen molar-refractivity contribution in [1.29, 1.82) is 5.26 Å². The first-order valence-electron chi connectivity index (χ1n) is 5.45. The van der Waals surface area contributed by atoms with E-state index in [0.717, 1.165) is 5.56 Å². The fourth-order valence-electron chi connectivity index (χ4n) is 1.43. The van der Waals surface area contributed by atoms with Crippen molar-refractivity contribution in [2.24, 2.45) is 5.73 Å². The molecule has 0 aliphatic carbocycles. The largest absolute Gasteiger partial charge is 0.352 e. The molecule has 0 radical (unpaired) electrons. The lowest BCUT2D eigenvalue weighted by Gasteiger charge is -2.17. The normalized spacial score (nSPS) is 10.7. The summed E-state index contributed by atoms with van der Waals surface area (Å²) in [5.74, 6) is -0.0835. The second-order valence-corrected chi connectivity index (χ2v) is 4.75. The molecule has 90 valence electrons. The van der Waals surface area contributed by atoms with E-state index in [-0.39, 0.29) is 12.3 Å². The molecule has 0 aliphatic heterocycles. The second-order valence-electron chi connectivity index (χ2n) is 4.75. The van der Waals surface area contributed by atoms with E-state index in [4.69, 9.17) is 11.0 Å². The Labute approximate surface area is 101 Å². The molecule has 1 amide bonds. The number of hydrogen-bond acceptors (Lipinski definition) is 3. The van der Waals surface area contributed by atoms with Crippen LogP contribution in [0.2, 0.25) is 0 Å². The molecule has 1 aromatic rings. The lowest BCUT2D eigenvalue weighted by Crippen LogP contribution is -2.38. The molecule has 0 spiro atoms. The Kier molecular flexibility index (Phi) is 4.24. The third-order valence-corrected chi connectivity index (χ3v) is 2.16. The van der Waals surface area contributed by atoms with Crippen LogP contribution in [0.15, 0.2) is 24.3 Å². The van der Waals surface area contributed by atoms with Crippen LogP contribution in [-0.2, 0) is 11.3 Å². The third-order valence-electron chi connectivity index (χ3n) is 2.16. The van der Waals surface area contributed by atoms with Gasteiger partial charge in [0.2, 0.25) is 5.91 Å². The van der Waals surface area contributed by atoms with Crippen molar-refractivity contribution in [2.75, 3.05) is 0 Å². The minimum Gasteiger partial charge on any atom is -0.352 e. The molecule has 4 heteroatoms. The molecule has 0 aromatic heterocycles. The van der Waals surface area contributed by atoms with Crippen LogP contribution in [0.1, 0.15) is 31.4 Å². The van der Waals surface area contributed by atoms with Gasteiger partial charge in [-0.15, -0.1) is 0 Å². The van der Waals surface area contributed by atoms with E-state index in [0.29, 0.717) is 12.1 Å². The Bertz CT molecular complexity index is 441. The molecule has 0 fully saturated rings. The predicted molar refractivity (Wildman–Crippen MR) is 65.9 cm³/mol. The van der Waals surface area contributed by atoms with Crippen molar-refractivity contribution in [1.82, 2.24) is 5.32 Å². The van der Waals surface area contributed by atoms with Gasteiger partial charge in [-0.05, 0) is 31.5 Å². The highest BCUT2D eigenvalue weighted by Crippen LogP contribution is 2.05. The van der Waals surface area contributed by atoms with E-state index in [1.165, 1.54) is 0 Å². The first-order valence-corrected chi connectivity index (χ1v) is 5.45. The van der Waals surface area contributed by atoms with Gasteiger partial charge in [0.1, 0.15) is 0 Å². The molecule has 1 rings (SSSR count). The van der Waals surface area contributed by atoms with Crippen LogP contribution in [0.3, 0.4) is 0 Å². The van der Waals surface area contributed by atoms with E-state index in [2.05, 4.69) is 11.4 Å². The van der Waals surface area contributed by atoms with E-state index < -0.39 is 5.54 Å². The van der Waals surface area contributed by atoms with Crippen molar-refractivity contribution in [2.45, 2.75) is 32.4 Å². The lowest BCUT2D eigenvalue weighted by molar-refractivity contribution is -0.122. The minimum atomic E-state index is -0.501. The van der Waals surface area contributed by atoms with Crippen LogP contribution in [0.5, 0.6) is 0 Å². The van der Waals surface area contributed by atoms with Gasteiger partial charge < -0.3 is 11.1 Å². The Morgan fingerprint density at radius 2 is 2.24 bits per heavy atom. The summed E-state index contributed by atoms with van der Waals surface area (Å²) < 4.78 is 0. The number of benzene rings is 1. The first-order chi connectivity index (χ1) is 7.90. The second kappa shape index (κ2) is 5.46. The molecular weight excluding hydrogens is 214 g/mol. The molecule has 0 aliphatic rings. The monoisotopic (exact) mass is 231 g/mol. The summed E-state index contributed by atoms with van der Waals surface area (Å²) in [6.07, 6.45) is 0.283. The molecule has 3 N–H and O–H groups in total. The van der Waals surface area contributed by atoms with E-state index in [1.807, 2.05) is 19.9 Å². The first kappa shape index (κ1) is 13.2. The number of hydrogen-bond donors (Lipinski definition) is 2. The highest BCUT2D eigenvalue weighted by molar-refractivity contribution is 5.77. The van der Waals surface area contributed by atoms with Crippen LogP contribution >= 0.6 is 0 Å². The number of amides is 1. The Morgan fingerprint density at radius 1 is 1.53 bits per heavy atom. The molecule has 17 heavy (non-hydrogen) atoms. The molecule has 0 bridgehead atoms. The molecule has 0 saturated carbocycles. The topological polar surface area (TPSA) is 78.9 Å². The van der Waals surface area contributed by atoms with Gasteiger partial charge in [-0.2, -0.15) is 5.26 Å². The fourth-order valence-corrected chi connectivity index (χ4v) is 1.43. The van der Waals surface area contributed by atoms with Crippen LogP contribution in [0.25, 0.3) is 0 Å². The average Bonchev–Trinajstić information content (AvgIpc) is 2.24. The quantitative estimate of drug-likeness (QED) is 0.819. The summed E-state index contributed by atoms with van der Waals surface area (Å²) in [7, 11) is 0. The zero-order chi connectivity index (χ0) is 12.9. The standard InChI is InChI=1S/C13H17N3O/c1-13(2,15)7-12(17)16-9-11-5-3-4-10(6-11)8-14/h3-6H,7,9,15H2,1-2H3,(H,16,17). The van der Waals surface area contributed by atoms with Crippen LogP contribution < -0.4 is 11.1 Å². The fraction of sp³-hybridized carbons (Fsp3) is 0.385. The zero-order valence-electron chi connectivity index (χ0n) is 10.2. The summed E-state index contributed by atoms with van der Waals surface area (Å²) in [5, 5.41) is 11.5. The number of carbonyl (C=O) groups excluding carboxylic acids is 1. The summed E-state index contributed by atoms with van der Waals surface area (Å²) in [4.78, 5) is 11.5. The molecule has 4 nitrogen and oxygen atoms in total. The van der Waals surface area contributed by atoms with Gasteiger partial charge >= 0.3 is 0 Å². The number of nitriles is 1. The summed E-state index contributed by atoms with van der Waals surface area (Å²) >= 11 is 0. The number of nitrogens with zero attached hydrogens (tertiary/aromatic N) is 1. The SMILES string of the molecule is CC(C)(N)CC(=O)NCc1cccc(C#N)c1. The minimum absolute atomic E-state index is 0.0835. The molecule has 0 heterocycles. The number of carbonyl (C=O) groups is 1. The van der Waals surface area contributed by atoms with Crippen molar-refractivity contribution in [3.63, 3.8) is 0 Å². The van der Waals surface area contributed by atoms with Gasteiger partial charge in [-0.1, -0.05) is 12.1 Å². The molecular formula is C13H17N3O. The average molecular weight is 231 g/mol. The third kappa shape index (κ3) is 5.14. The molecule has 0 unspecified atom stereocenters. The van der Waals surface area contributed by atoms with Gasteiger partial charge in [0.05, 0.1) is 11.6 Å². The van der Waals surface area contributed by atoms with Crippen LogP contribution in [0, 0.1) is 11.3 Å². The molecule has 0 saturated heterocycles. The summed E-state index contributed by atoms with van der Waals surface area (Å²) in [5.41, 5.74) is 6.75. The van der Waals surface area contributed by atoms with Gasteiger partial charge in [-0.25, -0.2) is 0 Å². The van der Waals surface area contributed by atoms with Crippen LogP contribution in [-0.4, -0.2) is 11.4 Å². The van der Waals surface area contributed by atoms with Crippen molar-refractivity contribution in [3.8, 4) is 6.07 Å². The van der Waals surface area contributed by atoms with Gasteiger partial charge in [0, 0.05) is 18.5 Å². The Balaban J connectivity index is 2.51. The van der Waals surface area contributed by atoms with E-state index >= 15 is 0 Å². The predicted octanol–water partition coefficient (Wildman–Crippen LogP) is 1.30. The van der Waals surface area contributed by atoms with Gasteiger partial charge in [-0.3, -0.25) is 4.79 Å². The van der Waals surface area contributed by atoms with E-state index in [9.17, 15) is 4.79 Å². The van der Waals surface area contributed by atoms with E-state index in [1.54, 1.807) is 18.2 Å². The smallest absolute Gasteiger partial charge is 0.222 e. The Hall–Kier alpha value is -1.86.